The topological polar surface area (TPSA) is 21.3 Å². The fraction of sp³-hybridized carbons (Fsp3) is 0. The van der Waals surface area contributed by atoms with Gasteiger partial charge in [-0.05, 0) is 99.8 Å². The Hall–Kier alpha value is -7.36. The molecule has 0 saturated heterocycles. The van der Waals surface area contributed by atoms with Crippen LogP contribution in [0.3, 0.4) is 0 Å². The minimum Gasteiger partial charge on any atom is -0.456 e. The molecule has 0 aliphatic carbocycles. The first-order valence-corrected chi connectivity index (χ1v) is 18.8. The van der Waals surface area contributed by atoms with Crippen LogP contribution in [0, 0.1) is 0 Å². The molecule has 0 aliphatic heterocycles. The Morgan fingerprint density at radius 2 is 0.964 bits per heavy atom. The van der Waals surface area contributed by atoms with E-state index in [1.807, 2.05) is 0 Å². The highest BCUT2D eigenvalue weighted by atomic mass is 16.3. The smallest absolute Gasteiger partial charge is 0.137 e. The molecule has 0 radical (unpaired) electrons. The van der Waals surface area contributed by atoms with E-state index in [1.165, 1.54) is 49.3 Å². The minimum atomic E-state index is 0.859. The van der Waals surface area contributed by atoms with E-state index in [0.29, 0.717) is 0 Å². The van der Waals surface area contributed by atoms with Gasteiger partial charge in [0.15, 0.2) is 0 Å². The van der Waals surface area contributed by atoms with Crippen molar-refractivity contribution in [1.29, 1.82) is 0 Å². The van der Waals surface area contributed by atoms with Gasteiger partial charge < -0.3 is 13.9 Å². The van der Waals surface area contributed by atoms with E-state index < -0.39 is 0 Å². The van der Waals surface area contributed by atoms with Crippen LogP contribution in [0.5, 0.6) is 0 Å². The number of rotatable bonds is 6. The summed E-state index contributed by atoms with van der Waals surface area (Å²) in [5.41, 5.74) is 13.2. The molecule has 0 bridgehead atoms. The van der Waals surface area contributed by atoms with Crippen LogP contribution >= 0.6 is 0 Å². The summed E-state index contributed by atoms with van der Waals surface area (Å²) in [6, 6.07) is 73.9. The zero-order valence-corrected chi connectivity index (χ0v) is 29.9. The van der Waals surface area contributed by atoms with Gasteiger partial charge in [0.05, 0.1) is 22.1 Å². The largest absolute Gasteiger partial charge is 0.456 e. The molecule has 0 fully saturated rings. The lowest BCUT2D eigenvalue weighted by Gasteiger charge is -2.27. The van der Waals surface area contributed by atoms with Gasteiger partial charge in [-0.25, -0.2) is 0 Å². The van der Waals surface area contributed by atoms with Gasteiger partial charge in [0, 0.05) is 33.2 Å². The van der Waals surface area contributed by atoms with Crippen molar-refractivity contribution < 1.29 is 4.42 Å². The van der Waals surface area contributed by atoms with Crippen LogP contribution in [0.15, 0.2) is 211 Å². The predicted octanol–water partition coefficient (Wildman–Crippen LogP) is 14.6. The fourth-order valence-electron chi connectivity index (χ4n) is 8.44. The number of anilines is 3. The standard InChI is InChI=1S/C52H34N2O/c1-4-13-35(14-5-1)37-23-27-41(28-24-37)53(42-29-31-45-44-19-10-11-20-46(44)54(48(45)34-42)40-17-8-3-9-18-40)47-21-12-22-49-52(47)51-43-30-25-38(36-15-6-2-7-16-36)33-39(43)26-32-50(51)55-49/h1-34H. The summed E-state index contributed by atoms with van der Waals surface area (Å²) in [7, 11) is 0. The van der Waals surface area contributed by atoms with Crippen LogP contribution in [0.4, 0.5) is 17.1 Å². The summed E-state index contributed by atoms with van der Waals surface area (Å²) >= 11 is 0. The highest BCUT2D eigenvalue weighted by Gasteiger charge is 2.22. The second-order valence-electron chi connectivity index (χ2n) is 14.1. The Bertz CT molecular complexity index is 3180. The summed E-state index contributed by atoms with van der Waals surface area (Å²) in [5, 5.41) is 7.01. The van der Waals surface area contributed by atoms with Gasteiger partial charge in [0.2, 0.25) is 0 Å². The van der Waals surface area contributed by atoms with Gasteiger partial charge in [-0.2, -0.15) is 0 Å². The van der Waals surface area contributed by atoms with Crippen LogP contribution in [0.25, 0.3) is 82.5 Å². The maximum absolute atomic E-state index is 6.67. The highest BCUT2D eigenvalue weighted by Crippen LogP contribution is 2.46. The first-order chi connectivity index (χ1) is 27.3. The first-order valence-electron chi connectivity index (χ1n) is 18.8. The van der Waals surface area contributed by atoms with Crippen molar-refractivity contribution in [3.63, 3.8) is 0 Å². The van der Waals surface area contributed by atoms with Crippen molar-refractivity contribution in [1.82, 2.24) is 4.57 Å². The Labute approximate surface area is 318 Å². The number of nitrogens with zero attached hydrogens (tertiary/aromatic N) is 2. The van der Waals surface area contributed by atoms with E-state index in [4.69, 9.17) is 4.42 Å². The maximum atomic E-state index is 6.67. The first kappa shape index (κ1) is 31.2. The van der Waals surface area contributed by atoms with Crippen molar-refractivity contribution in [2.75, 3.05) is 4.90 Å². The average Bonchev–Trinajstić information content (AvgIpc) is 3.81. The zero-order chi connectivity index (χ0) is 36.3. The van der Waals surface area contributed by atoms with E-state index in [1.54, 1.807) is 0 Å². The highest BCUT2D eigenvalue weighted by molar-refractivity contribution is 6.23. The summed E-state index contributed by atoms with van der Waals surface area (Å²) < 4.78 is 9.06. The molecule has 0 aliphatic rings. The lowest BCUT2D eigenvalue weighted by atomic mass is 9.97. The molecule has 9 aromatic carbocycles. The molecule has 0 amide bonds. The third kappa shape index (κ3) is 5.13. The number of hydrogen-bond donors (Lipinski definition) is 0. The minimum absolute atomic E-state index is 0.859. The Balaban J connectivity index is 1.18. The van der Waals surface area contributed by atoms with Gasteiger partial charge in [-0.1, -0.05) is 140 Å². The van der Waals surface area contributed by atoms with Crippen molar-refractivity contribution >= 4 is 71.6 Å². The third-order valence-corrected chi connectivity index (χ3v) is 11.0. The van der Waals surface area contributed by atoms with Crippen LogP contribution in [-0.4, -0.2) is 4.57 Å². The second-order valence-corrected chi connectivity index (χ2v) is 14.1. The molecular formula is C52H34N2O. The summed E-state index contributed by atoms with van der Waals surface area (Å²) in [5.74, 6) is 0. The van der Waals surface area contributed by atoms with Crippen molar-refractivity contribution in [2.45, 2.75) is 0 Å². The van der Waals surface area contributed by atoms with Gasteiger partial charge in [0.25, 0.3) is 0 Å². The predicted molar refractivity (Wildman–Crippen MR) is 231 cm³/mol. The average molecular weight is 703 g/mol. The van der Waals surface area contributed by atoms with Crippen molar-refractivity contribution in [3.05, 3.63) is 206 Å². The Kier molecular flexibility index (Phi) is 7.17. The van der Waals surface area contributed by atoms with Crippen LogP contribution in [0.1, 0.15) is 0 Å². The molecule has 0 spiro atoms. The molecule has 3 nitrogen and oxygen atoms in total. The molecule has 0 saturated carbocycles. The molecule has 2 heterocycles. The van der Waals surface area contributed by atoms with Crippen LogP contribution in [-0.2, 0) is 0 Å². The van der Waals surface area contributed by atoms with E-state index in [9.17, 15) is 0 Å². The second kappa shape index (κ2) is 12.6. The number of benzene rings is 9. The molecule has 0 unspecified atom stereocenters. The lowest BCUT2D eigenvalue weighted by Crippen LogP contribution is -2.10. The monoisotopic (exact) mass is 702 g/mol. The molecular weight excluding hydrogens is 669 g/mol. The Morgan fingerprint density at radius 3 is 1.75 bits per heavy atom. The van der Waals surface area contributed by atoms with Gasteiger partial charge in [-0.15, -0.1) is 0 Å². The summed E-state index contributed by atoms with van der Waals surface area (Å²) in [6.07, 6.45) is 0. The third-order valence-electron chi connectivity index (χ3n) is 11.0. The fourth-order valence-corrected chi connectivity index (χ4v) is 8.44. The van der Waals surface area contributed by atoms with Crippen LogP contribution < -0.4 is 4.90 Å². The number of furan rings is 1. The van der Waals surface area contributed by atoms with E-state index in [0.717, 1.165) is 50.2 Å². The van der Waals surface area contributed by atoms with Gasteiger partial charge in [-0.3, -0.25) is 0 Å². The normalized spacial score (nSPS) is 11.6. The maximum Gasteiger partial charge on any atom is 0.137 e. The zero-order valence-electron chi connectivity index (χ0n) is 29.9. The van der Waals surface area contributed by atoms with Gasteiger partial charge in [0.1, 0.15) is 11.2 Å². The number of hydrogen-bond acceptors (Lipinski definition) is 2. The molecule has 0 atom stereocenters. The summed E-state index contributed by atoms with van der Waals surface area (Å²) in [6.45, 7) is 0. The van der Waals surface area contributed by atoms with E-state index in [-0.39, 0.29) is 0 Å². The Morgan fingerprint density at radius 1 is 0.364 bits per heavy atom. The molecule has 55 heavy (non-hydrogen) atoms. The van der Waals surface area contributed by atoms with E-state index in [2.05, 4.69) is 216 Å². The molecule has 0 N–H and O–H groups in total. The van der Waals surface area contributed by atoms with Gasteiger partial charge >= 0.3 is 0 Å². The molecule has 3 heteroatoms. The quantitative estimate of drug-likeness (QED) is 0.172. The summed E-state index contributed by atoms with van der Waals surface area (Å²) in [4.78, 5) is 2.40. The van der Waals surface area contributed by atoms with Crippen molar-refractivity contribution in [3.8, 4) is 27.9 Å². The molecule has 2 aromatic heterocycles. The molecule has 11 aromatic rings. The lowest BCUT2D eigenvalue weighted by molar-refractivity contribution is 0.669. The van der Waals surface area contributed by atoms with Crippen LogP contribution in [0.2, 0.25) is 0 Å². The molecule has 11 rings (SSSR count). The van der Waals surface area contributed by atoms with E-state index >= 15 is 0 Å². The molecule has 258 valence electrons. The number of fused-ring (bicyclic) bond motifs is 8. The SMILES string of the molecule is c1ccc(-c2ccc(N(c3ccc4c5ccccc5n(-c5ccccc5)c4c3)c3cccc4oc5ccc6cc(-c7ccccc7)ccc6c5c34)cc2)cc1. The van der Waals surface area contributed by atoms with Crippen molar-refractivity contribution in [2.24, 2.45) is 0 Å². The number of aromatic nitrogens is 1. The number of para-hydroxylation sites is 2.